The van der Waals surface area contributed by atoms with Gasteiger partial charge in [0.05, 0.1) is 6.10 Å². The van der Waals surface area contributed by atoms with Crippen LogP contribution >= 0.6 is 15.9 Å². The second kappa shape index (κ2) is 12.2. The van der Waals surface area contributed by atoms with Crippen LogP contribution in [0.25, 0.3) is 0 Å². The third kappa shape index (κ3) is 9.04. The van der Waals surface area contributed by atoms with E-state index in [0.717, 1.165) is 6.61 Å². The molecule has 114 valence electrons. The van der Waals surface area contributed by atoms with Crippen LogP contribution in [0.2, 0.25) is 0 Å². The molecule has 2 nitrogen and oxygen atoms in total. The van der Waals surface area contributed by atoms with E-state index in [0.29, 0.717) is 6.10 Å². The Hall–Kier alpha value is 0.400. The van der Waals surface area contributed by atoms with Crippen molar-refractivity contribution < 1.29 is 4.74 Å². The first-order chi connectivity index (χ1) is 9.36. The fraction of sp³-hybridized carbons (Fsp3) is 1.00. The predicted octanol–water partition coefficient (Wildman–Crippen LogP) is 4.61. The van der Waals surface area contributed by atoms with Crippen molar-refractivity contribution in [3.63, 3.8) is 0 Å². The lowest BCUT2D eigenvalue weighted by molar-refractivity contribution is 0.00558. The molecule has 1 atom stereocenters. The van der Waals surface area contributed by atoms with E-state index in [9.17, 15) is 0 Å². The molecule has 0 aliphatic carbocycles. The Morgan fingerprint density at radius 1 is 1.05 bits per heavy atom. The summed E-state index contributed by atoms with van der Waals surface area (Å²) in [4.78, 5) is 2.61. The molecule has 19 heavy (non-hydrogen) atoms. The van der Waals surface area contributed by atoms with Gasteiger partial charge in [-0.15, -0.1) is 0 Å². The maximum Gasteiger partial charge on any atom is 0.0702 e. The van der Waals surface area contributed by atoms with Crippen molar-refractivity contribution in [3.8, 4) is 0 Å². The summed E-state index contributed by atoms with van der Waals surface area (Å²) in [5.41, 5.74) is 0. The number of alkyl halides is 1. The van der Waals surface area contributed by atoms with Crippen LogP contribution in [0, 0.1) is 0 Å². The quantitative estimate of drug-likeness (QED) is 0.404. The van der Waals surface area contributed by atoms with Gasteiger partial charge >= 0.3 is 0 Å². The number of unbranched alkanes of at least 4 members (excludes halogenated alkanes) is 6. The molecule has 0 saturated carbocycles. The molecule has 0 aromatic rings. The van der Waals surface area contributed by atoms with Gasteiger partial charge in [0.25, 0.3) is 0 Å². The van der Waals surface area contributed by atoms with Gasteiger partial charge in [0.2, 0.25) is 0 Å². The molecular formula is C16H32BrNO. The lowest BCUT2D eigenvalue weighted by atomic mass is 10.1. The zero-order valence-corrected chi connectivity index (χ0v) is 14.3. The van der Waals surface area contributed by atoms with Crippen LogP contribution in [-0.4, -0.2) is 42.6 Å². The van der Waals surface area contributed by atoms with Crippen LogP contribution in [0.1, 0.15) is 64.7 Å². The highest BCUT2D eigenvalue weighted by atomic mass is 79.9. The van der Waals surface area contributed by atoms with Crippen molar-refractivity contribution in [1.82, 2.24) is 4.90 Å². The summed E-state index contributed by atoms with van der Waals surface area (Å²) in [6.07, 6.45) is 12.9. The summed E-state index contributed by atoms with van der Waals surface area (Å²) < 4.78 is 5.75. The standard InChI is InChI=1S/C16H32BrNO/c1-2-19-16-11-10-14-18(15-16)13-9-7-5-3-4-6-8-12-17/h16H,2-15H2,1H3. The average molecular weight is 334 g/mol. The minimum atomic E-state index is 0.503. The lowest BCUT2D eigenvalue weighted by Crippen LogP contribution is -2.40. The SMILES string of the molecule is CCOC1CCCN(CCCCCCCCCBr)C1. The Balaban J connectivity index is 1.91. The van der Waals surface area contributed by atoms with E-state index >= 15 is 0 Å². The molecule has 1 aliphatic rings. The van der Waals surface area contributed by atoms with Gasteiger partial charge in [0, 0.05) is 18.5 Å². The fourth-order valence-corrected chi connectivity index (χ4v) is 3.30. The molecule has 0 bridgehead atoms. The summed E-state index contributed by atoms with van der Waals surface area (Å²) in [5, 5.41) is 1.17. The zero-order chi connectivity index (χ0) is 13.8. The van der Waals surface area contributed by atoms with Gasteiger partial charge in [-0.25, -0.2) is 0 Å². The first kappa shape index (κ1) is 17.5. The smallest absolute Gasteiger partial charge is 0.0702 e. The van der Waals surface area contributed by atoms with E-state index < -0.39 is 0 Å². The third-order valence-electron chi connectivity index (χ3n) is 3.97. The van der Waals surface area contributed by atoms with E-state index in [-0.39, 0.29) is 0 Å². The second-order valence-electron chi connectivity index (χ2n) is 5.68. The Labute approximate surface area is 128 Å². The highest BCUT2D eigenvalue weighted by molar-refractivity contribution is 9.09. The molecule has 1 heterocycles. The van der Waals surface area contributed by atoms with Crippen LogP contribution in [-0.2, 0) is 4.74 Å². The van der Waals surface area contributed by atoms with Gasteiger partial charge < -0.3 is 9.64 Å². The number of hydrogen-bond donors (Lipinski definition) is 0. The van der Waals surface area contributed by atoms with E-state index in [1.165, 1.54) is 82.8 Å². The Bertz CT molecular complexity index is 199. The predicted molar refractivity (Wildman–Crippen MR) is 87.2 cm³/mol. The molecule has 1 aliphatic heterocycles. The van der Waals surface area contributed by atoms with Crippen LogP contribution < -0.4 is 0 Å². The van der Waals surface area contributed by atoms with Crippen molar-refractivity contribution >= 4 is 15.9 Å². The molecular weight excluding hydrogens is 302 g/mol. The minimum Gasteiger partial charge on any atom is -0.377 e. The first-order valence-corrected chi connectivity index (χ1v) is 9.39. The molecule has 0 aromatic carbocycles. The van der Waals surface area contributed by atoms with E-state index in [4.69, 9.17) is 4.74 Å². The van der Waals surface area contributed by atoms with Crippen LogP contribution in [0.4, 0.5) is 0 Å². The molecule has 1 unspecified atom stereocenters. The first-order valence-electron chi connectivity index (χ1n) is 8.26. The Kier molecular flexibility index (Phi) is 11.2. The molecule has 0 aromatic heterocycles. The second-order valence-corrected chi connectivity index (χ2v) is 6.48. The maximum atomic E-state index is 5.75. The molecule has 0 N–H and O–H groups in total. The van der Waals surface area contributed by atoms with Gasteiger partial charge in [-0.1, -0.05) is 48.0 Å². The number of nitrogens with zero attached hydrogens (tertiary/aromatic N) is 1. The van der Waals surface area contributed by atoms with Crippen LogP contribution in [0.5, 0.6) is 0 Å². The van der Waals surface area contributed by atoms with E-state index in [2.05, 4.69) is 27.8 Å². The van der Waals surface area contributed by atoms with Crippen LogP contribution in [0.3, 0.4) is 0 Å². The normalized spacial score (nSPS) is 20.8. The molecule has 0 spiro atoms. The number of hydrogen-bond acceptors (Lipinski definition) is 2. The Morgan fingerprint density at radius 2 is 1.74 bits per heavy atom. The van der Waals surface area contributed by atoms with Gasteiger partial charge in [-0.2, -0.15) is 0 Å². The van der Waals surface area contributed by atoms with Crippen LogP contribution in [0.15, 0.2) is 0 Å². The number of likely N-dealkylation sites (tertiary alicyclic amines) is 1. The van der Waals surface area contributed by atoms with Crippen molar-refractivity contribution in [2.75, 3.05) is 31.6 Å². The summed E-state index contributed by atoms with van der Waals surface area (Å²) in [6, 6.07) is 0. The van der Waals surface area contributed by atoms with Gasteiger partial charge in [-0.3, -0.25) is 0 Å². The summed E-state index contributed by atoms with van der Waals surface area (Å²) in [6.45, 7) is 6.71. The van der Waals surface area contributed by atoms with Gasteiger partial charge in [0.15, 0.2) is 0 Å². The number of halogens is 1. The number of rotatable bonds is 11. The maximum absolute atomic E-state index is 5.75. The van der Waals surface area contributed by atoms with Gasteiger partial charge in [-0.05, 0) is 45.7 Å². The van der Waals surface area contributed by atoms with Crippen molar-refractivity contribution in [2.24, 2.45) is 0 Å². The van der Waals surface area contributed by atoms with Crippen molar-refractivity contribution in [2.45, 2.75) is 70.8 Å². The molecule has 3 heteroatoms. The highest BCUT2D eigenvalue weighted by Crippen LogP contribution is 2.14. The van der Waals surface area contributed by atoms with Gasteiger partial charge in [0.1, 0.15) is 0 Å². The molecule has 1 fully saturated rings. The van der Waals surface area contributed by atoms with Crippen molar-refractivity contribution in [1.29, 1.82) is 0 Å². The molecule has 1 rings (SSSR count). The molecule has 0 amide bonds. The number of ether oxygens (including phenoxy) is 1. The Morgan fingerprint density at radius 3 is 2.42 bits per heavy atom. The minimum absolute atomic E-state index is 0.503. The summed E-state index contributed by atoms with van der Waals surface area (Å²) >= 11 is 3.49. The molecule has 1 saturated heterocycles. The lowest BCUT2D eigenvalue weighted by Gasteiger charge is -2.32. The monoisotopic (exact) mass is 333 g/mol. The zero-order valence-electron chi connectivity index (χ0n) is 12.7. The summed E-state index contributed by atoms with van der Waals surface area (Å²) in [7, 11) is 0. The van der Waals surface area contributed by atoms with E-state index in [1.54, 1.807) is 0 Å². The largest absolute Gasteiger partial charge is 0.377 e. The fourth-order valence-electron chi connectivity index (χ4n) is 2.90. The highest BCUT2D eigenvalue weighted by Gasteiger charge is 2.19. The van der Waals surface area contributed by atoms with E-state index in [1.807, 2.05) is 0 Å². The topological polar surface area (TPSA) is 12.5 Å². The van der Waals surface area contributed by atoms with Crippen molar-refractivity contribution in [3.05, 3.63) is 0 Å². The third-order valence-corrected chi connectivity index (χ3v) is 4.53. The molecule has 0 radical (unpaired) electrons. The average Bonchev–Trinajstić information content (AvgIpc) is 2.43. The number of piperidine rings is 1. The summed E-state index contributed by atoms with van der Waals surface area (Å²) in [5.74, 6) is 0.